The Labute approximate surface area is 192 Å². The van der Waals surface area contributed by atoms with Crippen LogP contribution in [0.4, 0.5) is 0 Å². The van der Waals surface area contributed by atoms with Crippen molar-refractivity contribution in [2.75, 3.05) is 6.54 Å². The van der Waals surface area contributed by atoms with E-state index in [1.807, 2.05) is 31.2 Å². The molecule has 1 N–H and O–H groups in total. The SMILES string of the molecule is CCc1ccc(CCC(=O)N(Cc2ccccc2Cl)[C@@H](CC)C(=O)NCC(C)C)cc1. The third kappa shape index (κ3) is 7.70. The number of benzene rings is 2. The van der Waals surface area contributed by atoms with Crippen LogP contribution in [0.5, 0.6) is 0 Å². The van der Waals surface area contributed by atoms with Gasteiger partial charge in [0.2, 0.25) is 11.8 Å². The molecule has 0 radical (unpaired) electrons. The monoisotopic (exact) mass is 442 g/mol. The van der Waals surface area contributed by atoms with Crippen LogP contribution in [0.15, 0.2) is 48.5 Å². The highest BCUT2D eigenvalue weighted by molar-refractivity contribution is 6.31. The third-order valence-corrected chi connectivity index (χ3v) is 5.80. The average Bonchev–Trinajstić information content (AvgIpc) is 2.77. The van der Waals surface area contributed by atoms with E-state index in [9.17, 15) is 9.59 Å². The van der Waals surface area contributed by atoms with E-state index in [2.05, 4.69) is 50.4 Å². The van der Waals surface area contributed by atoms with E-state index >= 15 is 0 Å². The molecule has 0 aliphatic rings. The first-order valence-corrected chi connectivity index (χ1v) is 11.6. The molecule has 2 rings (SSSR count). The van der Waals surface area contributed by atoms with Crippen LogP contribution in [0.3, 0.4) is 0 Å². The van der Waals surface area contributed by atoms with Crippen LogP contribution in [0.25, 0.3) is 0 Å². The highest BCUT2D eigenvalue weighted by Gasteiger charge is 2.28. The molecule has 0 saturated carbocycles. The van der Waals surface area contributed by atoms with E-state index in [0.717, 1.165) is 17.5 Å². The Bertz CT molecular complexity index is 849. The summed E-state index contributed by atoms with van der Waals surface area (Å²) >= 11 is 6.37. The number of nitrogens with zero attached hydrogens (tertiary/aromatic N) is 1. The predicted octanol–water partition coefficient (Wildman–Crippen LogP) is 5.41. The van der Waals surface area contributed by atoms with Crippen molar-refractivity contribution in [2.24, 2.45) is 5.92 Å². The molecule has 0 bridgehead atoms. The van der Waals surface area contributed by atoms with Crippen LogP contribution < -0.4 is 5.32 Å². The summed E-state index contributed by atoms with van der Waals surface area (Å²) in [5.74, 6) is 0.204. The molecule has 31 heavy (non-hydrogen) atoms. The molecule has 0 spiro atoms. The second-order valence-corrected chi connectivity index (χ2v) is 8.75. The maximum Gasteiger partial charge on any atom is 0.242 e. The molecule has 0 aliphatic carbocycles. The molecule has 1 atom stereocenters. The van der Waals surface area contributed by atoms with E-state index in [-0.39, 0.29) is 11.8 Å². The lowest BCUT2D eigenvalue weighted by Gasteiger charge is -2.31. The van der Waals surface area contributed by atoms with Crippen molar-refractivity contribution in [3.05, 3.63) is 70.2 Å². The molecule has 4 nitrogen and oxygen atoms in total. The van der Waals surface area contributed by atoms with Gasteiger partial charge in [0.15, 0.2) is 0 Å². The van der Waals surface area contributed by atoms with Gasteiger partial charge in [-0.05, 0) is 47.9 Å². The van der Waals surface area contributed by atoms with Gasteiger partial charge >= 0.3 is 0 Å². The van der Waals surface area contributed by atoms with Crippen molar-refractivity contribution in [2.45, 2.75) is 66.0 Å². The Morgan fingerprint density at radius 1 is 1.00 bits per heavy atom. The highest BCUT2D eigenvalue weighted by Crippen LogP contribution is 2.21. The number of aryl methyl sites for hydroxylation is 2. The van der Waals surface area contributed by atoms with Gasteiger partial charge in [-0.3, -0.25) is 9.59 Å². The van der Waals surface area contributed by atoms with Crippen molar-refractivity contribution in [1.29, 1.82) is 0 Å². The molecule has 0 fully saturated rings. The lowest BCUT2D eigenvalue weighted by Crippen LogP contribution is -2.49. The summed E-state index contributed by atoms with van der Waals surface area (Å²) in [6.07, 6.45) is 2.54. The summed E-state index contributed by atoms with van der Waals surface area (Å²) in [5.41, 5.74) is 3.25. The van der Waals surface area contributed by atoms with Crippen LogP contribution in [-0.2, 0) is 29.0 Å². The van der Waals surface area contributed by atoms with E-state index in [0.29, 0.717) is 43.3 Å². The summed E-state index contributed by atoms with van der Waals surface area (Å²) < 4.78 is 0. The first kappa shape index (κ1) is 24.9. The van der Waals surface area contributed by atoms with E-state index in [1.54, 1.807) is 4.90 Å². The van der Waals surface area contributed by atoms with Crippen molar-refractivity contribution in [3.8, 4) is 0 Å². The third-order valence-electron chi connectivity index (χ3n) is 5.43. The van der Waals surface area contributed by atoms with Crippen molar-refractivity contribution >= 4 is 23.4 Å². The Morgan fingerprint density at radius 3 is 2.23 bits per heavy atom. The van der Waals surface area contributed by atoms with Gasteiger partial charge in [0.1, 0.15) is 6.04 Å². The molecule has 0 unspecified atom stereocenters. The molecule has 2 aromatic rings. The molecule has 0 aromatic heterocycles. The number of hydrogen-bond donors (Lipinski definition) is 1. The summed E-state index contributed by atoms with van der Waals surface area (Å²) in [6.45, 7) is 9.08. The fourth-order valence-corrected chi connectivity index (χ4v) is 3.68. The molecule has 0 aliphatic heterocycles. The van der Waals surface area contributed by atoms with E-state index in [4.69, 9.17) is 11.6 Å². The second kappa shape index (κ2) is 12.5. The summed E-state index contributed by atoms with van der Waals surface area (Å²) in [4.78, 5) is 27.9. The van der Waals surface area contributed by atoms with Crippen molar-refractivity contribution in [3.63, 3.8) is 0 Å². The summed E-state index contributed by atoms with van der Waals surface area (Å²) in [5, 5.41) is 3.59. The zero-order chi connectivity index (χ0) is 22.8. The largest absolute Gasteiger partial charge is 0.354 e. The molecular weight excluding hydrogens is 408 g/mol. The van der Waals surface area contributed by atoms with Crippen LogP contribution >= 0.6 is 11.6 Å². The van der Waals surface area contributed by atoms with Crippen LogP contribution in [0.2, 0.25) is 5.02 Å². The van der Waals surface area contributed by atoms with Crippen LogP contribution in [0, 0.1) is 5.92 Å². The Hall–Kier alpha value is -2.33. The quantitative estimate of drug-likeness (QED) is 0.505. The minimum atomic E-state index is -0.523. The Kier molecular flexibility index (Phi) is 10.1. The molecule has 2 aromatic carbocycles. The van der Waals surface area contributed by atoms with Gasteiger partial charge in [0.05, 0.1) is 0 Å². The summed E-state index contributed by atoms with van der Waals surface area (Å²) in [7, 11) is 0. The topological polar surface area (TPSA) is 49.4 Å². The van der Waals surface area contributed by atoms with Crippen LogP contribution in [-0.4, -0.2) is 29.3 Å². The maximum atomic E-state index is 13.3. The summed E-state index contributed by atoms with van der Waals surface area (Å²) in [6, 6.07) is 15.3. The fraction of sp³-hybridized carbons (Fsp3) is 0.462. The molecule has 2 amide bonds. The first-order valence-electron chi connectivity index (χ1n) is 11.2. The molecular formula is C26H35ClN2O2. The maximum absolute atomic E-state index is 13.3. The second-order valence-electron chi connectivity index (χ2n) is 8.35. The molecule has 0 heterocycles. The highest BCUT2D eigenvalue weighted by atomic mass is 35.5. The van der Waals surface area contributed by atoms with Crippen molar-refractivity contribution in [1.82, 2.24) is 10.2 Å². The van der Waals surface area contributed by atoms with Crippen LogP contribution in [0.1, 0.15) is 57.2 Å². The zero-order valence-electron chi connectivity index (χ0n) is 19.2. The standard InChI is InChI=1S/C26H35ClN2O2/c1-5-20-11-13-21(14-12-20)15-16-25(30)29(18-22-9-7-8-10-23(22)27)24(6-2)26(31)28-17-19(3)4/h7-14,19,24H,5-6,15-18H2,1-4H3,(H,28,31)/t24-/m0/s1. The number of nitrogens with one attached hydrogen (secondary N) is 1. The Balaban J connectivity index is 2.18. The normalized spacial score (nSPS) is 11.9. The lowest BCUT2D eigenvalue weighted by atomic mass is 10.0. The Morgan fingerprint density at radius 2 is 1.65 bits per heavy atom. The van der Waals surface area contributed by atoms with Gasteiger partial charge < -0.3 is 10.2 Å². The smallest absolute Gasteiger partial charge is 0.242 e. The zero-order valence-corrected chi connectivity index (χ0v) is 19.9. The van der Waals surface area contributed by atoms with Gasteiger partial charge in [-0.2, -0.15) is 0 Å². The molecule has 168 valence electrons. The van der Waals surface area contributed by atoms with Gasteiger partial charge in [-0.1, -0.05) is 81.8 Å². The van der Waals surface area contributed by atoms with Gasteiger partial charge in [-0.15, -0.1) is 0 Å². The minimum absolute atomic E-state index is 0.0361. The van der Waals surface area contributed by atoms with Gasteiger partial charge in [-0.25, -0.2) is 0 Å². The first-order chi connectivity index (χ1) is 14.8. The average molecular weight is 443 g/mol. The minimum Gasteiger partial charge on any atom is -0.354 e. The number of carbonyl (C=O) groups excluding carboxylic acids is 2. The number of carbonyl (C=O) groups is 2. The van der Waals surface area contributed by atoms with E-state index < -0.39 is 6.04 Å². The van der Waals surface area contributed by atoms with Crippen molar-refractivity contribution < 1.29 is 9.59 Å². The van der Waals surface area contributed by atoms with E-state index in [1.165, 1.54) is 5.56 Å². The van der Waals surface area contributed by atoms with Gasteiger partial charge in [0.25, 0.3) is 0 Å². The van der Waals surface area contributed by atoms with Gasteiger partial charge in [0, 0.05) is 24.5 Å². The fourth-order valence-electron chi connectivity index (χ4n) is 3.49. The number of rotatable bonds is 11. The molecule has 0 saturated heterocycles. The number of hydrogen-bond acceptors (Lipinski definition) is 2. The predicted molar refractivity (Wildman–Crippen MR) is 128 cm³/mol. The number of halogens is 1. The molecule has 5 heteroatoms. The number of amides is 2. The lowest BCUT2D eigenvalue weighted by molar-refractivity contribution is -0.141.